The van der Waals surface area contributed by atoms with Crippen LogP contribution >= 0.6 is 11.6 Å². The van der Waals surface area contributed by atoms with Gasteiger partial charge in [0.25, 0.3) is 0 Å². The van der Waals surface area contributed by atoms with Crippen LogP contribution in [0.3, 0.4) is 0 Å². The Morgan fingerprint density at radius 2 is 2.03 bits per heavy atom. The lowest BCUT2D eigenvalue weighted by Gasteiger charge is -2.25. The predicted molar refractivity (Wildman–Crippen MR) is 110 cm³/mol. The normalized spacial score (nSPS) is 12.7. The molecule has 0 atom stereocenters. The summed E-state index contributed by atoms with van der Waals surface area (Å²) in [4.78, 5) is 14.7. The van der Waals surface area contributed by atoms with Gasteiger partial charge in [0.2, 0.25) is 17.7 Å². The lowest BCUT2D eigenvalue weighted by Crippen LogP contribution is -2.37. The number of aromatic nitrogens is 2. The number of nitrogens with zero attached hydrogens (tertiary/aromatic N) is 3. The Labute approximate surface area is 174 Å². The SMILES string of the molecule is CC(C)N(Cc1nnc(-c2ccccc2Cl)o1)C(=O)Cc1ccc2c(c1)CCO2. The molecule has 0 spiro atoms. The van der Waals surface area contributed by atoms with E-state index in [2.05, 4.69) is 16.3 Å². The van der Waals surface area contributed by atoms with E-state index in [-0.39, 0.29) is 18.5 Å². The highest BCUT2D eigenvalue weighted by Gasteiger charge is 2.22. The first kappa shape index (κ1) is 19.5. The van der Waals surface area contributed by atoms with Crippen molar-refractivity contribution in [1.82, 2.24) is 15.1 Å². The van der Waals surface area contributed by atoms with Crippen molar-refractivity contribution in [2.24, 2.45) is 0 Å². The molecule has 0 unspecified atom stereocenters. The summed E-state index contributed by atoms with van der Waals surface area (Å²) in [6, 6.07) is 13.2. The van der Waals surface area contributed by atoms with Crippen molar-refractivity contribution in [2.45, 2.75) is 39.3 Å². The van der Waals surface area contributed by atoms with Gasteiger partial charge in [-0.15, -0.1) is 10.2 Å². The zero-order valence-corrected chi connectivity index (χ0v) is 17.1. The Kier molecular flexibility index (Phi) is 5.53. The Bertz CT molecular complexity index is 1030. The van der Waals surface area contributed by atoms with Crippen molar-refractivity contribution in [3.63, 3.8) is 0 Å². The summed E-state index contributed by atoms with van der Waals surface area (Å²) in [6.07, 6.45) is 1.20. The molecule has 0 bridgehead atoms. The van der Waals surface area contributed by atoms with E-state index in [0.29, 0.717) is 35.4 Å². The minimum Gasteiger partial charge on any atom is -0.493 e. The smallest absolute Gasteiger partial charge is 0.249 e. The first-order valence-electron chi connectivity index (χ1n) is 9.62. The minimum absolute atomic E-state index is 0.00377. The number of fused-ring (bicyclic) bond motifs is 1. The molecule has 1 aromatic heterocycles. The van der Waals surface area contributed by atoms with Crippen LogP contribution in [-0.2, 0) is 24.2 Å². The zero-order chi connectivity index (χ0) is 20.4. The second-order valence-corrected chi connectivity index (χ2v) is 7.72. The Balaban J connectivity index is 1.48. The molecule has 6 nitrogen and oxygen atoms in total. The number of rotatable bonds is 6. The molecule has 0 aliphatic carbocycles. The monoisotopic (exact) mass is 411 g/mol. The number of halogens is 1. The van der Waals surface area contributed by atoms with E-state index in [0.717, 1.165) is 23.3 Å². The van der Waals surface area contributed by atoms with Crippen LogP contribution in [0.1, 0.15) is 30.9 Å². The van der Waals surface area contributed by atoms with E-state index in [1.165, 1.54) is 0 Å². The van der Waals surface area contributed by atoms with Crippen molar-refractivity contribution in [3.8, 4) is 17.2 Å². The molecule has 0 saturated carbocycles. The highest BCUT2D eigenvalue weighted by Crippen LogP contribution is 2.28. The van der Waals surface area contributed by atoms with E-state index in [4.69, 9.17) is 20.8 Å². The van der Waals surface area contributed by atoms with E-state index in [1.807, 2.05) is 44.2 Å². The van der Waals surface area contributed by atoms with Crippen LogP contribution in [0, 0.1) is 0 Å². The standard InChI is InChI=1S/C22H22ClN3O3/c1-14(2)26(21(27)12-15-7-8-19-16(11-15)9-10-28-19)13-20-24-25-22(29-20)17-5-3-4-6-18(17)23/h3-8,11,14H,9-10,12-13H2,1-2H3. The number of carbonyl (C=O) groups is 1. The van der Waals surface area contributed by atoms with Gasteiger partial charge in [-0.1, -0.05) is 35.9 Å². The first-order valence-corrected chi connectivity index (χ1v) is 10.0. The Morgan fingerprint density at radius 1 is 1.21 bits per heavy atom. The molecular formula is C22H22ClN3O3. The number of ether oxygens (including phenoxy) is 1. The lowest BCUT2D eigenvalue weighted by atomic mass is 10.1. The molecule has 0 saturated heterocycles. The van der Waals surface area contributed by atoms with Crippen LogP contribution in [-0.4, -0.2) is 33.7 Å². The molecule has 3 aromatic rings. The van der Waals surface area contributed by atoms with E-state index >= 15 is 0 Å². The molecule has 1 aliphatic heterocycles. The molecule has 150 valence electrons. The van der Waals surface area contributed by atoms with Gasteiger partial charge >= 0.3 is 0 Å². The minimum atomic E-state index is -0.00377. The summed E-state index contributed by atoms with van der Waals surface area (Å²) in [7, 11) is 0. The number of benzene rings is 2. The highest BCUT2D eigenvalue weighted by molar-refractivity contribution is 6.33. The average molecular weight is 412 g/mol. The summed E-state index contributed by atoms with van der Waals surface area (Å²) in [5.74, 6) is 1.65. The summed E-state index contributed by atoms with van der Waals surface area (Å²) >= 11 is 6.20. The fourth-order valence-corrected chi connectivity index (χ4v) is 3.61. The molecule has 1 aliphatic rings. The fraction of sp³-hybridized carbons (Fsp3) is 0.318. The summed E-state index contributed by atoms with van der Waals surface area (Å²) in [6.45, 7) is 4.90. The summed E-state index contributed by atoms with van der Waals surface area (Å²) in [5, 5.41) is 8.74. The van der Waals surface area contributed by atoms with E-state index < -0.39 is 0 Å². The van der Waals surface area contributed by atoms with Gasteiger partial charge in [-0.2, -0.15) is 0 Å². The van der Waals surface area contributed by atoms with Crippen LogP contribution in [0.25, 0.3) is 11.5 Å². The van der Waals surface area contributed by atoms with Crippen molar-refractivity contribution in [2.75, 3.05) is 6.61 Å². The van der Waals surface area contributed by atoms with E-state index in [9.17, 15) is 4.79 Å². The van der Waals surface area contributed by atoms with E-state index in [1.54, 1.807) is 11.0 Å². The number of hydrogen-bond acceptors (Lipinski definition) is 5. The van der Waals surface area contributed by atoms with Crippen molar-refractivity contribution in [1.29, 1.82) is 0 Å². The average Bonchev–Trinajstić information content (AvgIpc) is 3.35. The summed E-state index contributed by atoms with van der Waals surface area (Å²) < 4.78 is 11.3. The third kappa shape index (κ3) is 4.27. The summed E-state index contributed by atoms with van der Waals surface area (Å²) in [5.41, 5.74) is 2.82. The second kappa shape index (κ2) is 8.25. The molecule has 0 fully saturated rings. The topological polar surface area (TPSA) is 68.5 Å². The first-order chi connectivity index (χ1) is 14.0. The fourth-order valence-electron chi connectivity index (χ4n) is 3.39. The molecular weight excluding hydrogens is 390 g/mol. The number of hydrogen-bond donors (Lipinski definition) is 0. The van der Waals surface area contributed by atoms with Crippen LogP contribution in [0.4, 0.5) is 0 Å². The van der Waals surface area contributed by atoms with Crippen LogP contribution in [0.5, 0.6) is 5.75 Å². The van der Waals surface area contributed by atoms with Gasteiger partial charge in [0.15, 0.2) is 0 Å². The molecule has 2 heterocycles. The van der Waals surface area contributed by atoms with Crippen molar-refractivity contribution >= 4 is 17.5 Å². The second-order valence-electron chi connectivity index (χ2n) is 7.31. The molecule has 29 heavy (non-hydrogen) atoms. The lowest BCUT2D eigenvalue weighted by molar-refractivity contribution is -0.133. The maximum atomic E-state index is 13.0. The van der Waals surface area contributed by atoms with Gasteiger partial charge in [-0.25, -0.2) is 0 Å². The van der Waals surface area contributed by atoms with Gasteiger partial charge in [0, 0.05) is 12.5 Å². The van der Waals surface area contributed by atoms with Gasteiger partial charge < -0.3 is 14.1 Å². The van der Waals surface area contributed by atoms with Crippen LogP contribution in [0.15, 0.2) is 46.9 Å². The molecule has 2 aromatic carbocycles. The van der Waals surface area contributed by atoms with Crippen molar-refractivity contribution < 1.29 is 13.9 Å². The molecule has 4 rings (SSSR count). The number of amides is 1. The zero-order valence-electron chi connectivity index (χ0n) is 16.4. The van der Waals surface area contributed by atoms with Gasteiger partial charge in [-0.3, -0.25) is 4.79 Å². The predicted octanol–water partition coefficient (Wildman–Crippen LogP) is 4.30. The third-order valence-corrected chi connectivity index (χ3v) is 5.26. The molecule has 7 heteroatoms. The molecule has 0 N–H and O–H groups in total. The van der Waals surface area contributed by atoms with Crippen molar-refractivity contribution in [3.05, 3.63) is 64.5 Å². The third-order valence-electron chi connectivity index (χ3n) is 4.93. The maximum absolute atomic E-state index is 13.0. The van der Waals surface area contributed by atoms with Crippen LogP contribution in [0.2, 0.25) is 5.02 Å². The van der Waals surface area contributed by atoms with Crippen LogP contribution < -0.4 is 4.74 Å². The Morgan fingerprint density at radius 3 is 2.83 bits per heavy atom. The Hall–Kier alpha value is -2.86. The number of carbonyl (C=O) groups excluding carboxylic acids is 1. The van der Waals surface area contributed by atoms with Gasteiger partial charge in [0.1, 0.15) is 5.75 Å². The maximum Gasteiger partial charge on any atom is 0.249 e. The highest BCUT2D eigenvalue weighted by atomic mass is 35.5. The van der Waals surface area contributed by atoms with Gasteiger partial charge in [0.05, 0.1) is 30.2 Å². The quantitative estimate of drug-likeness (QED) is 0.604. The molecule has 0 radical (unpaired) electrons. The van der Waals surface area contributed by atoms with Gasteiger partial charge in [-0.05, 0) is 43.2 Å². The largest absolute Gasteiger partial charge is 0.493 e. The molecule has 1 amide bonds.